The first kappa shape index (κ1) is 11.8. The van der Waals surface area contributed by atoms with Gasteiger partial charge in [0.1, 0.15) is 6.04 Å². The summed E-state index contributed by atoms with van der Waals surface area (Å²) in [6.45, 7) is 3.78. The summed E-state index contributed by atoms with van der Waals surface area (Å²) in [5.74, 6) is -0.235. The van der Waals surface area contributed by atoms with Gasteiger partial charge >= 0.3 is 5.97 Å². The van der Waals surface area contributed by atoms with Crippen molar-refractivity contribution in [3.05, 3.63) is 0 Å². The van der Waals surface area contributed by atoms with Crippen molar-refractivity contribution in [2.24, 2.45) is 5.92 Å². The molecule has 0 aliphatic carbocycles. The molecule has 2 aliphatic heterocycles. The standard InChI is InChI=1S/C11H21N3O2/c1-14-6-2-8(3-7-14)9-10(11(15)16)13-5-4-12-9/h8-10,12-13H,2-7H2,1H3,(H,15,16). The monoisotopic (exact) mass is 227 g/mol. The minimum Gasteiger partial charge on any atom is -0.480 e. The van der Waals surface area contributed by atoms with E-state index < -0.39 is 12.0 Å². The molecular weight excluding hydrogens is 206 g/mol. The van der Waals surface area contributed by atoms with E-state index in [4.69, 9.17) is 0 Å². The van der Waals surface area contributed by atoms with Crippen LogP contribution in [0.1, 0.15) is 12.8 Å². The summed E-state index contributed by atoms with van der Waals surface area (Å²) in [6, 6.07) is -0.317. The van der Waals surface area contributed by atoms with Gasteiger partial charge in [-0.15, -0.1) is 0 Å². The predicted molar refractivity (Wildman–Crippen MR) is 61.4 cm³/mol. The van der Waals surface area contributed by atoms with Gasteiger partial charge in [-0.25, -0.2) is 0 Å². The first-order chi connectivity index (χ1) is 7.68. The van der Waals surface area contributed by atoms with Crippen LogP contribution in [0.2, 0.25) is 0 Å². The number of carboxylic acid groups (broad SMARTS) is 1. The average molecular weight is 227 g/mol. The highest BCUT2D eigenvalue weighted by Crippen LogP contribution is 2.22. The van der Waals surface area contributed by atoms with Crippen LogP contribution in [-0.4, -0.2) is 61.3 Å². The van der Waals surface area contributed by atoms with E-state index in [1.54, 1.807) is 0 Å². The number of piperazine rings is 1. The molecule has 0 radical (unpaired) electrons. The summed E-state index contributed by atoms with van der Waals surface area (Å²) in [5.41, 5.74) is 0. The Morgan fingerprint density at radius 3 is 2.50 bits per heavy atom. The molecule has 16 heavy (non-hydrogen) atoms. The second-order valence-electron chi connectivity index (χ2n) is 4.89. The fourth-order valence-corrected chi connectivity index (χ4v) is 2.78. The van der Waals surface area contributed by atoms with Gasteiger partial charge in [-0.05, 0) is 38.9 Å². The molecule has 2 unspecified atom stereocenters. The molecule has 0 aromatic rings. The minimum atomic E-state index is -0.726. The van der Waals surface area contributed by atoms with Crippen LogP contribution in [0.3, 0.4) is 0 Å². The molecule has 0 bridgehead atoms. The molecule has 0 aromatic carbocycles. The van der Waals surface area contributed by atoms with Gasteiger partial charge in [0.25, 0.3) is 0 Å². The average Bonchev–Trinajstić information content (AvgIpc) is 2.30. The van der Waals surface area contributed by atoms with E-state index in [-0.39, 0.29) is 6.04 Å². The summed E-state index contributed by atoms with van der Waals surface area (Å²) in [6.07, 6.45) is 2.19. The predicted octanol–water partition coefficient (Wildman–Crippen LogP) is -0.657. The Labute approximate surface area is 96.2 Å². The first-order valence-corrected chi connectivity index (χ1v) is 6.06. The van der Waals surface area contributed by atoms with Crippen molar-refractivity contribution >= 4 is 5.97 Å². The molecule has 2 saturated heterocycles. The maximum atomic E-state index is 11.2. The Balaban J connectivity index is 1.97. The van der Waals surface area contributed by atoms with E-state index in [0.29, 0.717) is 5.92 Å². The van der Waals surface area contributed by atoms with Gasteiger partial charge in [0.15, 0.2) is 0 Å². The van der Waals surface area contributed by atoms with Crippen LogP contribution in [0.15, 0.2) is 0 Å². The lowest BCUT2D eigenvalue weighted by Gasteiger charge is -2.40. The van der Waals surface area contributed by atoms with Gasteiger partial charge in [0.05, 0.1) is 0 Å². The van der Waals surface area contributed by atoms with Crippen molar-refractivity contribution in [2.75, 3.05) is 33.2 Å². The zero-order chi connectivity index (χ0) is 11.5. The van der Waals surface area contributed by atoms with Crippen molar-refractivity contribution in [1.29, 1.82) is 0 Å². The van der Waals surface area contributed by atoms with Gasteiger partial charge in [-0.3, -0.25) is 4.79 Å². The lowest BCUT2D eigenvalue weighted by molar-refractivity contribution is -0.141. The number of nitrogens with zero attached hydrogens (tertiary/aromatic N) is 1. The van der Waals surface area contributed by atoms with E-state index in [1.165, 1.54) is 0 Å². The number of carboxylic acids is 1. The van der Waals surface area contributed by atoms with E-state index >= 15 is 0 Å². The summed E-state index contributed by atoms with van der Waals surface area (Å²) >= 11 is 0. The Hall–Kier alpha value is -0.650. The highest BCUT2D eigenvalue weighted by molar-refractivity contribution is 5.74. The maximum Gasteiger partial charge on any atom is 0.322 e. The van der Waals surface area contributed by atoms with Crippen LogP contribution < -0.4 is 10.6 Å². The fourth-order valence-electron chi connectivity index (χ4n) is 2.78. The van der Waals surface area contributed by atoms with E-state index in [2.05, 4.69) is 22.6 Å². The number of aliphatic carboxylic acids is 1. The molecule has 92 valence electrons. The second kappa shape index (κ2) is 5.12. The first-order valence-electron chi connectivity index (χ1n) is 6.06. The van der Waals surface area contributed by atoms with Crippen LogP contribution >= 0.6 is 0 Å². The molecule has 2 atom stereocenters. The molecule has 3 N–H and O–H groups in total. The molecule has 2 aliphatic rings. The highest BCUT2D eigenvalue weighted by atomic mass is 16.4. The van der Waals surface area contributed by atoms with Gasteiger partial charge < -0.3 is 20.6 Å². The fraction of sp³-hybridized carbons (Fsp3) is 0.909. The number of piperidine rings is 1. The largest absolute Gasteiger partial charge is 0.480 e. The Morgan fingerprint density at radius 2 is 1.88 bits per heavy atom. The number of rotatable bonds is 2. The third-order valence-electron chi connectivity index (χ3n) is 3.77. The lowest BCUT2D eigenvalue weighted by atomic mass is 9.84. The molecule has 0 amide bonds. The SMILES string of the molecule is CN1CCC(C2NCCNC2C(=O)O)CC1. The lowest BCUT2D eigenvalue weighted by Crippen LogP contribution is -2.62. The van der Waals surface area contributed by atoms with Gasteiger partial charge in [0, 0.05) is 19.1 Å². The van der Waals surface area contributed by atoms with E-state index in [9.17, 15) is 9.90 Å². The van der Waals surface area contributed by atoms with Crippen molar-refractivity contribution in [3.8, 4) is 0 Å². The minimum absolute atomic E-state index is 0.0972. The van der Waals surface area contributed by atoms with Crippen LogP contribution in [0.4, 0.5) is 0 Å². The van der Waals surface area contributed by atoms with Crippen molar-refractivity contribution in [1.82, 2.24) is 15.5 Å². The third kappa shape index (κ3) is 2.53. The molecule has 5 nitrogen and oxygen atoms in total. The quantitative estimate of drug-likeness (QED) is 0.585. The van der Waals surface area contributed by atoms with Crippen molar-refractivity contribution in [3.63, 3.8) is 0 Å². The summed E-state index contributed by atoms with van der Waals surface area (Å²) in [4.78, 5) is 13.5. The number of likely N-dealkylation sites (tertiary alicyclic amines) is 1. The topological polar surface area (TPSA) is 64.6 Å². The zero-order valence-corrected chi connectivity index (χ0v) is 9.78. The molecule has 2 rings (SSSR count). The van der Waals surface area contributed by atoms with Crippen LogP contribution in [0, 0.1) is 5.92 Å². The van der Waals surface area contributed by atoms with Gasteiger partial charge in [-0.2, -0.15) is 0 Å². The second-order valence-corrected chi connectivity index (χ2v) is 4.89. The number of nitrogens with one attached hydrogen (secondary N) is 2. The molecule has 0 spiro atoms. The molecule has 0 aromatic heterocycles. The van der Waals surface area contributed by atoms with Crippen molar-refractivity contribution in [2.45, 2.75) is 24.9 Å². The Morgan fingerprint density at radius 1 is 1.25 bits per heavy atom. The number of carbonyl (C=O) groups is 1. The smallest absolute Gasteiger partial charge is 0.322 e. The van der Waals surface area contributed by atoms with Gasteiger partial charge in [0.2, 0.25) is 0 Å². The molecule has 0 saturated carbocycles. The third-order valence-corrected chi connectivity index (χ3v) is 3.77. The molecule has 2 heterocycles. The van der Waals surface area contributed by atoms with Gasteiger partial charge in [-0.1, -0.05) is 0 Å². The summed E-state index contributed by atoms with van der Waals surface area (Å²) in [7, 11) is 2.12. The van der Waals surface area contributed by atoms with Crippen LogP contribution in [0.25, 0.3) is 0 Å². The normalized spacial score (nSPS) is 33.8. The summed E-state index contributed by atoms with van der Waals surface area (Å²) in [5, 5.41) is 15.7. The van der Waals surface area contributed by atoms with Crippen LogP contribution in [-0.2, 0) is 4.79 Å². The van der Waals surface area contributed by atoms with E-state index in [1.807, 2.05) is 0 Å². The molecule has 2 fully saturated rings. The highest BCUT2D eigenvalue weighted by Gasteiger charge is 2.36. The summed E-state index contributed by atoms with van der Waals surface area (Å²) < 4.78 is 0. The zero-order valence-electron chi connectivity index (χ0n) is 9.78. The molecule has 5 heteroatoms. The Bertz CT molecular complexity index is 252. The Kier molecular flexibility index (Phi) is 3.78. The number of hydrogen-bond acceptors (Lipinski definition) is 4. The molecular formula is C11H21N3O2. The van der Waals surface area contributed by atoms with E-state index in [0.717, 1.165) is 39.0 Å². The van der Waals surface area contributed by atoms with Crippen molar-refractivity contribution < 1.29 is 9.90 Å². The van der Waals surface area contributed by atoms with Crippen LogP contribution in [0.5, 0.6) is 0 Å². The maximum absolute atomic E-state index is 11.2. The number of hydrogen-bond donors (Lipinski definition) is 3.